The van der Waals surface area contributed by atoms with Crippen LogP contribution in [0.3, 0.4) is 0 Å². The number of para-hydroxylation sites is 1. The fourth-order valence-electron chi connectivity index (χ4n) is 3.85. The molecule has 0 aromatic heterocycles. The molecule has 1 atom stereocenters. The van der Waals surface area contributed by atoms with Gasteiger partial charge in [-0.1, -0.05) is 12.1 Å². The number of benzene rings is 2. The van der Waals surface area contributed by atoms with Crippen molar-refractivity contribution >= 4 is 11.8 Å². The predicted molar refractivity (Wildman–Crippen MR) is 95.0 cm³/mol. The van der Waals surface area contributed by atoms with Gasteiger partial charge in [0.15, 0.2) is 11.5 Å². The van der Waals surface area contributed by atoms with Crippen LogP contribution in [-0.4, -0.2) is 42.3 Å². The van der Waals surface area contributed by atoms with E-state index in [9.17, 15) is 9.59 Å². The topological polar surface area (TPSA) is 77.1 Å². The summed E-state index contributed by atoms with van der Waals surface area (Å²) in [6.07, 6.45) is 1.39. The number of hydrogen-bond acceptors (Lipinski definition) is 5. The van der Waals surface area contributed by atoms with E-state index in [0.717, 1.165) is 6.42 Å². The molecule has 1 spiro atoms. The number of nitrogens with one attached hydrogen (secondary N) is 1. The van der Waals surface area contributed by atoms with E-state index in [2.05, 4.69) is 5.32 Å². The molecule has 0 bridgehead atoms. The van der Waals surface area contributed by atoms with E-state index in [-0.39, 0.29) is 18.6 Å². The van der Waals surface area contributed by atoms with E-state index in [1.54, 1.807) is 41.3 Å². The third kappa shape index (κ3) is 2.66. The molecule has 0 aliphatic carbocycles. The maximum Gasteiger partial charge on any atom is 0.258 e. The molecule has 7 heteroatoms. The van der Waals surface area contributed by atoms with Gasteiger partial charge in [0.2, 0.25) is 12.5 Å². The lowest BCUT2D eigenvalue weighted by Gasteiger charge is -2.45. The Bertz CT molecular complexity index is 944. The fraction of sp³-hybridized carbons (Fsp3) is 0.300. The molecule has 1 saturated heterocycles. The first kappa shape index (κ1) is 16.0. The van der Waals surface area contributed by atoms with Gasteiger partial charge in [-0.05, 0) is 36.8 Å². The van der Waals surface area contributed by atoms with Crippen LogP contribution in [0, 0.1) is 0 Å². The molecule has 0 radical (unpaired) electrons. The summed E-state index contributed by atoms with van der Waals surface area (Å²) in [5.74, 6) is 1.47. The number of amides is 2. The summed E-state index contributed by atoms with van der Waals surface area (Å²) in [5, 5.41) is 2.97. The van der Waals surface area contributed by atoms with Gasteiger partial charge in [0, 0.05) is 18.5 Å². The second kappa shape index (κ2) is 5.90. The first-order chi connectivity index (χ1) is 13.1. The summed E-state index contributed by atoms with van der Waals surface area (Å²) < 4.78 is 16.8. The van der Waals surface area contributed by atoms with Crippen LogP contribution in [0.1, 0.15) is 33.6 Å². The van der Waals surface area contributed by atoms with Crippen LogP contribution in [0.5, 0.6) is 17.2 Å². The Hall–Kier alpha value is -3.22. The highest BCUT2D eigenvalue weighted by molar-refractivity contribution is 5.98. The molecule has 2 aromatic rings. The molecule has 1 unspecified atom stereocenters. The maximum absolute atomic E-state index is 13.0. The summed E-state index contributed by atoms with van der Waals surface area (Å²) in [4.78, 5) is 27.2. The molecule has 7 nitrogen and oxygen atoms in total. The zero-order valence-corrected chi connectivity index (χ0v) is 14.6. The molecule has 2 aromatic carbocycles. The van der Waals surface area contributed by atoms with Crippen molar-refractivity contribution in [1.29, 1.82) is 0 Å². The van der Waals surface area contributed by atoms with Crippen LogP contribution in [0.15, 0.2) is 42.5 Å². The van der Waals surface area contributed by atoms with Crippen molar-refractivity contribution in [2.45, 2.75) is 18.6 Å². The number of nitrogens with zero attached hydrogens (tertiary/aromatic N) is 1. The van der Waals surface area contributed by atoms with Gasteiger partial charge in [0.05, 0.1) is 12.1 Å². The van der Waals surface area contributed by atoms with Crippen molar-refractivity contribution in [2.75, 3.05) is 19.9 Å². The van der Waals surface area contributed by atoms with E-state index in [1.165, 1.54) is 0 Å². The van der Waals surface area contributed by atoms with Crippen LogP contribution >= 0.6 is 0 Å². The summed E-state index contributed by atoms with van der Waals surface area (Å²) in [6, 6.07) is 12.3. The van der Waals surface area contributed by atoms with Gasteiger partial charge in [-0.15, -0.1) is 0 Å². The average Bonchev–Trinajstić information content (AvgIpc) is 3.15. The Morgan fingerprint density at radius 1 is 1.07 bits per heavy atom. The number of fused-ring (bicyclic) bond motifs is 2. The monoisotopic (exact) mass is 366 g/mol. The first-order valence-corrected chi connectivity index (χ1v) is 8.93. The molecule has 27 heavy (non-hydrogen) atoms. The van der Waals surface area contributed by atoms with Crippen LogP contribution in [0.4, 0.5) is 0 Å². The van der Waals surface area contributed by atoms with Crippen LogP contribution < -0.4 is 19.5 Å². The number of rotatable bonds is 1. The van der Waals surface area contributed by atoms with E-state index >= 15 is 0 Å². The predicted octanol–water partition coefficient (Wildman–Crippen LogP) is 2.17. The second-order valence-electron chi connectivity index (χ2n) is 6.94. The van der Waals surface area contributed by atoms with Gasteiger partial charge in [0.1, 0.15) is 5.75 Å². The molecule has 138 valence electrons. The standard InChI is InChI=1S/C20H18N2O5/c23-18-14-4-1-2-5-15(14)27-20(21-18)8-3-9-22(11-20)19(24)13-6-7-16-17(10-13)26-12-25-16/h1-2,4-7,10H,3,8-9,11-12H2,(H,21,23). The van der Waals surface area contributed by atoms with Crippen molar-refractivity contribution in [3.63, 3.8) is 0 Å². The first-order valence-electron chi connectivity index (χ1n) is 8.93. The largest absolute Gasteiger partial charge is 0.465 e. The molecule has 3 aliphatic heterocycles. The summed E-state index contributed by atoms with van der Waals surface area (Å²) in [5.41, 5.74) is 0.150. The maximum atomic E-state index is 13.0. The van der Waals surface area contributed by atoms with Crippen molar-refractivity contribution in [1.82, 2.24) is 10.2 Å². The zero-order valence-electron chi connectivity index (χ0n) is 14.6. The lowest BCUT2D eigenvalue weighted by atomic mass is 9.97. The average molecular weight is 366 g/mol. The van der Waals surface area contributed by atoms with Crippen molar-refractivity contribution in [3.05, 3.63) is 53.6 Å². The van der Waals surface area contributed by atoms with Gasteiger partial charge < -0.3 is 24.4 Å². The third-order valence-corrected chi connectivity index (χ3v) is 5.14. The minimum absolute atomic E-state index is 0.121. The van der Waals surface area contributed by atoms with Crippen molar-refractivity contribution in [2.24, 2.45) is 0 Å². The molecule has 5 rings (SSSR count). The molecule has 2 amide bonds. The van der Waals surface area contributed by atoms with E-state index in [4.69, 9.17) is 14.2 Å². The van der Waals surface area contributed by atoms with Gasteiger partial charge in [-0.2, -0.15) is 0 Å². The number of carbonyl (C=O) groups excluding carboxylic acids is 2. The number of carbonyl (C=O) groups is 2. The molecular weight excluding hydrogens is 348 g/mol. The van der Waals surface area contributed by atoms with Gasteiger partial charge in [-0.25, -0.2) is 0 Å². The fourth-order valence-corrected chi connectivity index (χ4v) is 3.85. The highest BCUT2D eigenvalue weighted by Gasteiger charge is 2.44. The van der Waals surface area contributed by atoms with E-state index in [1.807, 2.05) is 6.07 Å². The van der Waals surface area contributed by atoms with Crippen molar-refractivity contribution in [3.8, 4) is 17.2 Å². The Morgan fingerprint density at radius 2 is 1.93 bits per heavy atom. The Morgan fingerprint density at radius 3 is 2.85 bits per heavy atom. The van der Waals surface area contributed by atoms with Gasteiger partial charge >= 0.3 is 0 Å². The van der Waals surface area contributed by atoms with Crippen LogP contribution in [0.2, 0.25) is 0 Å². The number of hydrogen-bond donors (Lipinski definition) is 1. The molecule has 3 aliphatic rings. The van der Waals surface area contributed by atoms with Crippen molar-refractivity contribution < 1.29 is 23.8 Å². The summed E-state index contributed by atoms with van der Waals surface area (Å²) >= 11 is 0. The normalized spacial score (nSPS) is 22.8. The van der Waals surface area contributed by atoms with Gasteiger partial charge in [0.25, 0.3) is 11.8 Å². The third-order valence-electron chi connectivity index (χ3n) is 5.14. The summed E-state index contributed by atoms with van der Waals surface area (Å²) in [7, 11) is 0. The lowest BCUT2D eigenvalue weighted by Crippen LogP contribution is -2.64. The Labute approximate surface area is 155 Å². The number of ether oxygens (including phenoxy) is 3. The minimum atomic E-state index is -0.893. The van der Waals surface area contributed by atoms with Gasteiger partial charge in [-0.3, -0.25) is 9.59 Å². The van der Waals surface area contributed by atoms with Crippen LogP contribution in [0.25, 0.3) is 0 Å². The molecule has 3 heterocycles. The number of likely N-dealkylation sites (tertiary alicyclic amines) is 1. The molecule has 0 saturated carbocycles. The smallest absolute Gasteiger partial charge is 0.258 e. The van der Waals surface area contributed by atoms with E-state index in [0.29, 0.717) is 47.9 Å². The lowest BCUT2D eigenvalue weighted by molar-refractivity contribution is -0.0314. The highest BCUT2D eigenvalue weighted by atomic mass is 16.7. The number of piperidine rings is 1. The van der Waals surface area contributed by atoms with Crippen LogP contribution in [-0.2, 0) is 0 Å². The SMILES string of the molecule is O=C1NC2(CCCN(C(=O)c3ccc4c(c3)OCO4)C2)Oc2ccccc21. The molecule has 1 fully saturated rings. The Balaban J connectivity index is 1.40. The molecule has 1 N–H and O–H groups in total. The minimum Gasteiger partial charge on any atom is -0.465 e. The highest BCUT2D eigenvalue weighted by Crippen LogP contribution is 2.35. The Kier molecular flexibility index (Phi) is 3.50. The van der Waals surface area contributed by atoms with E-state index < -0.39 is 5.72 Å². The molecular formula is C20H18N2O5. The zero-order chi connectivity index (χ0) is 18.4. The second-order valence-corrected chi connectivity index (χ2v) is 6.94. The quantitative estimate of drug-likeness (QED) is 0.837. The summed E-state index contributed by atoms with van der Waals surface area (Å²) in [6.45, 7) is 1.06.